The SMILES string of the molecule is CCc1ccc2nc(NC(=O)CCC(=O)c3ccc(OC)cc3)sc2c1. The summed E-state index contributed by atoms with van der Waals surface area (Å²) in [6, 6.07) is 13.0. The van der Waals surface area contributed by atoms with Gasteiger partial charge in [0, 0.05) is 18.4 Å². The molecule has 1 N–H and O–H groups in total. The van der Waals surface area contributed by atoms with Crippen LogP contribution in [-0.2, 0) is 11.2 Å². The van der Waals surface area contributed by atoms with Gasteiger partial charge >= 0.3 is 0 Å². The van der Waals surface area contributed by atoms with Crippen LogP contribution in [0.1, 0.15) is 35.7 Å². The van der Waals surface area contributed by atoms with E-state index >= 15 is 0 Å². The van der Waals surface area contributed by atoms with E-state index in [1.165, 1.54) is 16.9 Å². The first kappa shape index (κ1) is 18.1. The molecular formula is C20H20N2O3S. The van der Waals surface area contributed by atoms with Crippen LogP contribution in [0.2, 0.25) is 0 Å². The summed E-state index contributed by atoms with van der Waals surface area (Å²) >= 11 is 1.45. The van der Waals surface area contributed by atoms with E-state index in [9.17, 15) is 9.59 Å². The smallest absolute Gasteiger partial charge is 0.226 e. The van der Waals surface area contributed by atoms with Gasteiger partial charge in [0.25, 0.3) is 0 Å². The molecule has 0 aliphatic heterocycles. The monoisotopic (exact) mass is 368 g/mol. The molecule has 0 fully saturated rings. The number of aromatic nitrogens is 1. The van der Waals surface area contributed by atoms with Gasteiger partial charge in [0.2, 0.25) is 5.91 Å². The van der Waals surface area contributed by atoms with Gasteiger partial charge in [-0.1, -0.05) is 24.3 Å². The molecule has 3 aromatic rings. The Balaban J connectivity index is 1.57. The van der Waals surface area contributed by atoms with Gasteiger partial charge in [0.1, 0.15) is 5.75 Å². The van der Waals surface area contributed by atoms with E-state index in [2.05, 4.69) is 23.3 Å². The van der Waals surface area contributed by atoms with Crippen LogP contribution in [0.15, 0.2) is 42.5 Å². The van der Waals surface area contributed by atoms with Gasteiger partial charge in [-0.15, -0.1) is 0 Å². The summed E-state index contributed by atoms with van der Waals surface area (Å²) in [6.45, 7) is 2.10. The minimum absolute atomic E-state index is 0.0697. The first-order chi connectivity index (χ1) is 12.6. The molecule has 0 saturated heterocycles. The second-order valence-electron chi connectivity index (χ2n) is 5.87. The topological polar surface area (TPSA) is 68.3 Å². The van der Waals surface area contributed by atoms with Crippen molar-refractivity contribution in [2.75, 3.05) is 12.4 Å². The summed E-state index contributed by atoms with van der Waals surface area (Å²) < 4.78 is 6.12. The molecule has 0 atom stereocenters. The summed E-state index contributed by atoms with van der Waals surface area (Å²) in [6.07, 6.45) is 1.24. The minimum atomic E-state index is -0.207. The number of amides is 1. The second-order valence-corrected chi connectivity index (χ2v) is 6.91. The van der Waals surface area contributed by atoms with E-state index < -0.39 is 0 Å². The Kier molecular flexibility index (Phi) is 5.63. The number of hydrogen-bond acceptors (Lipinski definition) is 5. The van der Waals surface area contributed by atoms with Crippen molar-refractivity contribution in [1.29, 1.82) is 0 Å². The maximum atomic E-state index is 12.2. The lowest BCUT2D eigenvalue weighted by Crippen LogP contribution is -2.13. The quantitative estimate of drug-likeness (QED) is 0.625. The van der Waals surface area contributed by atoms with E-state index in [1.54, 1.807) is 31.4 Å². The molecule has 0 aliphatic carbocycles. The summed E-state index contributed by atoms with van der Waals surface area (Å²) in [5, 5.41) is 3.36. The number of aryl methyl sites for hydroxylation is 1. The first-order valence-corrected chi connectivity index (χ1v) is 9.27. The van der Waals surface area contributed by atoms with E-state index in [1.807, 2.05) is 12.1 Å². The Morgan fingerprint density at radius 2 is 1.88 bits per heavy atom. The predicted octanol–water partition coefficient (Wildman–Crippen LogP) is 4.47. The predicted molar refractivity (Wildman–Crippen MR) is 104 cm³/mol. The summed E-state index contributed by atoms with van der Waals surface area (Å²) in [7, 11) is 1.58. The number of nitrogens with one attached hydrogen (secondary N) is 1. The fraction of sp³-hybridized carbons (Fsp3) is 0.250. The molecule has 3 rings (SSSR count). The highest BCUT2D eigenvalue weighted by Crippen LogP contribution is 2.27. The van der Waals surface area contributed by atoms with Crippen LogP contribution in [0, 0.1) is 0 Å². The van der Waals surface area contributed by atoms with Crippen molar-refractivity contribution in [3.8, 4) is 5.75 Å². The number of carbonyl (C=O) groups excluding carboxylic acids is 2. The molecule has 0 saturated carbocycles. The molecule has 1 amide bonds. The number of thiazole rings is 1. The third kappa shape index (κ3) is 4.26. The normalized spacial score (nSPS) is 10.7. The number of ether oxygens (including phenoxy) is 1. The largest absolute Gasteiger partial charge is 0.497 e. The number of hydrogen-bond donors (Lipinski definition) is 1. The van der Waals surface area contributed by atoms with E-state index in [0.29, 0.717) is 16.4 Å². The molecule has 6 heteroatoms. The van der Waals surface area contributed by atoms with Crippen molar-refractivity contribution in [1.82, 2.24) is 4.98 Å². The number of fused-ring (bicyclic) bond motifs is 1. The molecule has 1 aromatic heterocycles. The zero-order valence-electron chi connectivity index (χ0n) is 14.7. The van der Waals surface area contributed by atoms with Gasteiger partial charge in [-0.2, -0.15) is 0 Å². The van der Waals surface area contributed by atoms with E-state index in [0.717, 1.165) is 16.6 Å². The molecule has 5 nitrogen and oxygen atoms in total. The van der Waals surface area contributed by atoms with Crippen LogP contribution < -0.4 is 10.1 Å². The summed E-state index contributed by atoms with van der Waals surface area (Å²) in [4.78, 5) is 28.7. The van der Waals surface area contributed by atoms with Crippen LogP contribution in [0.5, 0.6) is 5.75 Å². The van der Waals surface area contributed by atoms with E-state index in [4.69, 9.17) is 4.74 Å². The Hall–Kier alpha value is -2.73. The lowest BCUT2D eigenvalue weighted by molar-refractivity contribution is -0.116. The molecule has 0 bridgehead atoms. The zero-order chi connectivity index (χ0) is 18.5. The van der Waals surface area contributed by atoms with Crippen molar-refractivity contribution >= 4 is 38.4 Å². The Labute approximate surface area is 156 Å². The molecule has 0 radical (unpaired) electrons. The third-order valence-corrected chi connectivity index (χ3v) is 5.03. The number of Topliss-reactive ketones (excluding diaryl/α,β-unsaturated/α-hetero) is 1. The van der Waals surface area contributed by atoms with Gasteiger partial charge < -0.3 is 10.1 Å². The van der Waals surface area contributed by atoms with Gasteiger partial charge in [0.05, 0.1) is 17.3 Å². The third-order valence-electron chi connectivity index (χ3n) is 4.10. The fourth-order valence-electron chi connectivity index (χ4n) is 2.57. The Bertz CT molecular complexity index is 932. The lowest BCUT2D eigenvalue weighted by Gasteiger charge is -2.03. The zero-order valence-corrected chi connectivity index (χ0v) is 15.6. The van der Waals surface area contributed by atoms with E-state index in [-0.39, 0.29) is 24.5 Å². The lowest BCUT2D eigenvalue weighted by atomic mass is 10.1. The van der Waals surface area contributed by atoms with Gasteiger partial charge in [-0.25, -0.2) is 4.98 Å². The minimum Gasteiger partial charge on any atom is -0.497 e. The Morgan fingerprint density at radius 1 is 1.12 bits per heavy atom. The molecular weight excluding hydrogens is 348 g/mol. The molecule has 0 spiro atoms. The molecule has 2 aromatic carbocycles. The number of nitrogens with zero attached hydrogens (tertiary/aromatic N) is 1. The highest BCUT2D eigenvalue weighted by atomic mass is 32.1. The van der Waals surface area contributed by atoms with Gasteiger partial charge in [-0.05, 0) is 48.4 Å². The maximum absolute atomic E-state index is 12.2. The number of benzene rings is 2. The molecule has 26 heavy (non-hydrogen) atoms. The van der Waals surface area contributed by atoms with Crippen molar-refractivity contribution in [2.24, 2.45) is 0 Å². The molecule has 1 heterocycles. The molecule has 134 valence electrons. The molecule has 0 aliphatic rings. The number of ketones is 1. The average molecular weight is 368 g/mol. The van der Waals surface area contributed by atoms with Crippen molar-refractivity contribution in [2.45, 2.75) is 26.2 Å². The number of rotatable bonds is 7. The maximum Gasteiger partial charge on any atom is 0.226 e. The van der Waals surface area contributed by atoms with Crippen molar-refractivity contribution < 1.29 is 14.3 Å². The number of anilines is 1. The van der Waals surface area contributed by atoms with Gasteiger partial charge in [-0.3, -0.25) is 9.59 Å². The summed E-state index contributed by atoms with van der Waals surface area (Å²) in [5.41, 5.74) is 2.69. The van der Waals surface area contributed by atoms with Crippen LogP contribution in [0.3, 0.4) is 0 Å². The van der Waals surface area contributed by atoms with Crippen LogP contribution in [0.25, 0.3) is 10.2 Å². The number of carbonyl (C=O) groups is 2. The van der Waals surface area contributed by atoms with Crippen LogP contribution in [-0.4, -0.2) is 23.8 Å². The average Bonchev–Trinajstić information content (AvgIpc) is 3.07. The highest BCUT2D eigenvalue weighted by Gasteiger charge is 2.12. The van der Waals surface area contributed by atoms with Crippen LogP contribution in [0.4, 0.5) is 5.13 Å². The van der Waals surface area contributed by atoms with Crippen molar-refractivity contribution in [3.05, 3.63) is 53.6 Å². The summed E-state index contributed by atoms with van der Waals surface area (Å²) in [5.74, 6) is 0.419. The van der Waals surface area contributed by atoms with Crippen LogP contribution >= 0.6 is 11.3 Å². The Morgan fingerprint density at radius 3 is 2.58 bits per heavy atom. The van der Waals surface area contributed by atoms with Crippen molar-refractivity contribution in [3.63, 3.8) is 0 Å². The first-order valence-electron chi connectivity index (χ1n) is 8.45. The highest BCUT2D eigenvalue weighted by molar-refractivity contribution is 7.22. The number of methoxy groups -OCH3 is 1. The molecule has 0 unspecified atom stereocenters. The standard InChI is InChI=1S/C20H20N2O3S/c1-3-13-4-9-16-18(12-13)26-20(21-16)22-19(24)11-10-17(23)14-5-7-15(25-2)8-6-14/h4-9,12H,3,10-11H2,1-2H3,(H,21,22,24). The second kappa shape index (κ2) is 8.10. The van der Waals surface area contributed by atoms with Gasteiger partial charge in [0.15, 0.2) is 10.9 Å². The fourth-order valence-corrected chi connectivity index (χ4v) is 3.52.